The summed E-state index contributed by atoms with van der Waals surface area (Å²) in [6.07, 6.45) is 4.20. The van der Waals surface area contributed by atoms with Crippen LogP contribution in [0.5, 0.6) is 0 Å². The molecule has 0 saturated heterocycles. The summed E-state index contributed by atoms with van der Waals surface area (Å²) in [5.41, 5.74) is 0.422. The van der Waals surface area contributed by atoms with Crippen molar-refractivity contribution in [2.75, 3.05) is 11.9 Å². The number of hydrogen-bond donors (Lipinski definition) is 1. The first-order valence-electron chi connectivity index (χ1n) is 5.78. The first-order valence-corrected chi connectivity index (χ1v) is 5.78. The lowest BCUT2D eigenvalue weighted by Gasteiger charge is -2.07. The van der Waals surface area contributed by atoms with Gasteiger partial charge in [0.05, 0.1) is 5.69 Å². The molecule has 0 aliphatic heterocycles. The molecule has 2 heterocycles. The Kier molecular flexibility index (Phi) is 3.81. The molecule has 0 bridgehead atoms. The highest BCUT2D eigenvalue weighted by Gasteiger charge is 2.09. The van der Waals surface area contributed by atoms with E-state index in [1.807, 2.05) is 18.5 Å². The molecule has 6 nitrogen and oxygen atoms in total. The van der Waals surface area contributed by atoms with E-state index in [1.165, 1.54) is 6.33 Å². The van der Waals surface area contributed by atoms with Crippen molar-refractivity contribution in [3.63, 3.8) is 0 Å². The predicted octanol–water partition coefficient (Wildman–Crippen LogP) is 0.961. The second kappa shape index (κ2) is 5.52. The lowest BCUT2D eigenvalue weighted by atomic mass is 10.3. The molecule has 0 unspecified atom stereocenters. The Labute approximate surface area is 104 Å². The van der Waals surface area contributed by atoms with E-state index in [2.05, 4.69) is 25.5 Å². The van der Waals surface area contributed by atoms with Crippen LogP contribution in [0.15, 0.2) is 12.7 Å². The van der Waals surface area contributed by atoms with Gasteiger partial charge in [-0.1, -0.05) is 6.92 Å². The summed E-state index contributed by atoms with van der Waals surface area (Å²) in [6, 6.07) is 0. The molecule has 0 aromatic carbocycles. The normalized spacial score (nSPS) is 10.6. The van der Waals surface area contributed by atoms with Crippen molar-refractivity contribution in [1.82, 2.24) is 24.7 Å². The highest BCUT2D eigenvalue weighted by Crippen LogP contribution is 2.12. The third-order valence-corrected chi connectivity index (χ3v) is 2.64. The van der Waals surface area contributed by atoms with E-state index in [9.17, 15) is 4.39 Å². The van der Waals surface area contributed by atoms with E-state index in [0.717, 1.165) is 5.82 Å². The molecule has 0 radical (unpaired) electrons. The fourth-order valence-electron chi connectivity index (χ4n) is 1.60. The van der Waals surface area contributed by atoms with E-state index in [4.69, 9.17) is 0 Å². The summed E-state index contributed by atoms with van der Waals surface area (Å²) in [7, 11) is 1.87. The van der Waals surface area contributed by atoms with Gasteiger partial charge in [0.15, 0.2) is 11.6 Å². The molecule has 7 heteroatoms. The van der Waals surface area contributed by atoms with E-state index >= 15 is 0 Å². The standard InChI is InChI=1S/C11H15FN6/c1-3-8-10(12)11(15-6-14-8)13-5-4-9-17-16-7-18(9)2/h6-7H,3-5H2,1-2H3,(H,13,14,15). The van der Waals surface area contributed by atoms with Crippen molar-refractivity contribution in [3.05, 3.63) is 30.0 Å². The second-order valence-electron chi connectivity index (χ2n) is 3.87. The fourth-order valence-corrected chi connectivity index (χ4v) is 1.60. The van der Waals surface area contributed by atoms with Gasteiger partial charge in [0.2, 0.25) is 0 Å². The highest BCUT2D eigenvalue weighted by atomic mass is 19.1. The van der Waals surface area contributed by atoms with Crippen LogP contribution in [-0.2, 0) is 19.9 Å². The Morgan fingerprint density at radius 1 is 1.39 bits per heavy atom. The molecule has 0 spiro atoms. The summed E-state index contributed by atoms with van der Waals surface area (Å²) in [6.45, 7) is 2.40. The maximum absolute atomic E-state index is 13.8. The zero-order valence-electron chi connectivity index (χ0n) is 10.4. The number of nitrogens with zero attached hydrogens (tertiary/aromatic N) is 5. The summed E-state index contributed by atoms with van der Waals surface area (Å²) in [5, 5.41) is 10.7. The van der Waals surface area contributed by atoms with Crippen LogP contribution in [-0.4, -0.2) is 31.3 Å². The Bertz CT molecular complexity index is 524. The number of aryl methyl sites for hydroxylation is 2. The Balaban J connectivity index is 1.96. The monoisotopic (exact) mass is 250 g/mol. The predicted molar refractivity (Wildman–Crippen MR) is 64.6 cm³/mol. The topological polar surface area (TPSA) is 68.5 Å². The minimum atomic E-state index is -0.377. The van der Waals surface area contributed by atoms with E-state index in [1.54, 1.807) is 6.33 Å². The number of nitrogens with one attached hydrogen (secondary N) is 1. The van der Waals surface area contributed by atoms with Crippen LogP contribution in [0.4, 0.5) is 10.2 Å². The zero-order valence-corrected chi connectivity index (χ0v) is 10.4. The third-order valence-electron chi connectivity index (χ3n) is 2.64. The number of halogens is 1. The molecule has 0 aliphatic carbocycles. The van der Waals surface area contributed by atoms with Gasteiger partial charge < -0.3 is 9.88 Å². The van der Waals surface area contributed by atoms with Gasteiger partial charge in [0.25, 0.3) is 0 Å². The van der Waals surface area contributed by atoms with Gasteiger partial charge in [-0.25, -0.2) is 14.4 Å². The molecular weight excluding hydrogens is 235 g/mol. The Morgan fingerprint density at radius 3 is 2.89 bits per heavy atom. The minimum absolute atomic E-state index is 0.240. The molecule has 2 aromatic heterocycles. The summed E-state index contributed by atoms with van der Waals surface area (Å²) in [4.78, 5) is 7.77. The van der Waals surface area contributed by atoms with Gasteiger partial charge in [-0.2, -0.15) is 0 Å². The number of aromatic nitrogens is 5. The van der Waals surface area contributed by atoms with Crippen molar-refractivity contribution in [2.45, 2.75) is 19.8 Å². The number of hydrogen-bond acceptors (Lipinski definition) is 5. The second-order valence-corrected chi connectivity index (χ2v) is 3.87. The van der Waals surface area contributed by atoms with Gasteiger partial charge in [-0.15, -0.1) is 10.2 Å². The van der Waals surface area contributed by atoms with Gasteiger partial charge in [-0.05, 0) is 6.42 Å². The van der Waals surface area contributed by atoms with Gasteiger partial charge in [0, 0.05) is 20.0 Å². The molecule has 1 N–H and O–H groups in total. The SMILES string of the molecule is CCc1ncnc(NCCc2nncn2C)c1F. The molecule has 2 rings (SSSR count). The average Bonchev–Trinajstić information content (AvgIpc) is 2.77. The Hall–Kier alpha value is -2.05. The van der Waals surface area contributed by atoms with Gasteiger partial charge >= 0.3 is 0 Å². The molecular formula is C11H15FN6. The van der Waals surface area contributed by atoms with Crippen molar-refractivity contribution < 1.29 is 4.39 Å². The molecule has 0 fully saturated rings. The summed E-state index contributed by atoms with van der Waals surface area (Å²) < 4.78 is 15.6. The van der Waals surface area contributed by atoms with Gasteiger partial charge in [0.1, 0.15) is 18.5 Å². The quantitative estimate of drug-likeness (QED) is 0.856. The van der Waals surface area contributed by atoms with Crippen LogP contribution in [0, 0.1) is 5.82 Å². The maximum Gasteiger partial charge on any atom is 0.186 e. The van der Waals surface area contributed by atoms with E-state index < -0.39 is 0 Å². The third kappa shape index (κ3) is 2.61. The molecule has 0 atom stereocenters. The molecule has 0 amide bonds. The van der Waals surface area contributed by atoms with Crippen LogP contribution >= 0.6 is 0 Å². The van der Waals surface area contributed by atoms with Crippen LogP contribution < -0.4 is 5.32 Å². The van der Waals surface area contributed by atoms with Crippen molar-refractivity contribution >= 4 is 5.82 Å². The molecule has 96 valence electrons. The molecule has 18 heavy (non-hydrogen) atoms. The molecule has 0 saturated carbocycles. The molecule has 2 aromatic rings. The lowest BCUT2D eigenvalue weighted by molar-refractivity contribution is 0.596. The largest absolute Gasteiger partial charge is 0.367 e. The van der Waals surface area contributed by atoms with Crippen molar-refractivity contribution in [3.8, 4) is 0 Å². The molecule has 0 aliphatic rings. The van der Waals surface area contributed by atoms with E-state index in [-0.39, 0.29) is 11.6 Å². The van der Waals surface area contributed by atoms with Crippen LogP contribution in [0.3, 0.4) is 0 Å². The van der Waals surface area contributed by atoms with Gasteiger partial charge in [-0.3, -0.25) is 0 Å². The average molecular weight is 250 g/mol. The van der Waals surface area contributed by atoms with Crippen molar-refractivity contribution in [1.29, 1.82) is 0 Å². The summed E-state index contributed by atoms with van der Waals surface area (Å²) >= 11 is 0. The van der Waals surface area contributed by atoms with Crippen molar-refractivity contribution in [2.24, 2.45) is 7.05 Å². The van der Waals surface area contributed by atoms with Crippen LogP contribution in [0.25, 0.3) is 0 Å². The van der Waals surface area contributed by atoms with Crippen LogP contribution in [0.2, 0.25) is 0 Å². The smallest absolute Gasteiger partial charge is 0.186 e. The van der Waals surface area contributed by atoms with E-state index in [0.29, 0.717) is 25.1 Å². The number of anilines is 1. The maximum atomic E-state index is 13.8. The summed E-state index contributed by atoms with van der Waals surface area (Å²) in [5.74, 6) is 0.703. The number of rotatable bonds is 5. The fraction of sp³-hybridized carbons (Fsp3) is 0.455. The highest BCUT2D eigenvalue weighted by molar-refractivity contribution is 5.37. The van der Waals surface area contributed by atoms with Crippen LogP contribution in [0.1, 0.15) is 18.4 Å². The minimum Gasteiger partial charge on any atom is -0.367 e. The first-order chi connectivity index (χ1) is 8.72. The lowest BCUT2D eigenvalue weighted by Crippen LogP contribution is -2.12. The zero-order chi connectivity index (χ0) is 13.0. The first kappa shape index (κ1) is 12.4. The Morgan fingerprint density at radius 2 is 2.22 bits per heavy atom.